The summed E-state index contributed by atoms with van der Waals surface area (Å²) < 4.78 is 12.7. The van der Waals surface area contributed by atoms with Crippen LogP contribution < -0.4 is 20.1 Å². The maximum Gasteiger partial charge on any atom is 0.191 e. The minimum absolute atomic E-state index is 0. The van der Waals surface area contributed by atoms with E-state index in [1.54, 1.807) is 14.2 Å². The topological polar surface area (TPSA) is 72.7 Å². The number of nitrogens with zero attached hydrogens (tertiary/aromatic N) is 3. The zero-order valence-electron chi connectivity index (χ0n) is 16.5. The van der Waals surface area contributed by atoms with Gasteiger partial charge in [-0.05, 0) is 42.5 Å². The Balaban J connectivity index is 0.00000300. The lowest BCUT2D eigenvalue weighted by Crippen LogP contribution is -2.39. The fraction of sp³-hybridized carbons (Fsp3) is 0.238. The van der Waals surface area contributed by atoms with Gasteiger partial charge in [0.05, 0.1) is 31.6 Å². The number of ether oxygens (including phenoxy) is 2. The summed E-state index contributed by atoms with van der Waals surface area (Å²) in [4.78, 5) is 4.22. The van der Waals surface area contributed by atoms with Crippen molar-refractivity contribution in [1.29, 1.82) is 0 Å². The molecular formula is C21H26IN5O2. The van der Waals surface area contributed by atoms with Gasteiger partial charge in [-0.1, -0.05) is 18.2 Å². The number of methoxy groups -OCH3 is 1. The number of halogens is 1. The standard InChI is InChI=1S/C21H25N5O2.HI/c1-22-21(23-13-15-28-20-6-4-3-5-7-20)24-16-17-12-14-26(25-17)18-8-10-19(27-2)11-9-18;/h3-12,14H,13,15-16H2,1-2H3,(H2,22,23,24);1H. The second-order valence-corrected chi connectivity index (χ2v) is 5.96. The Kier molecular flexibility index (Phi) is 9.29. The van der Waals surface area contributed by atoms with Gasteiger partial charge in [-0.15, -0.1) is 24.0 Å². The average molecular weight is 507 g/mol. The molecule has 3 rings (SSSR count). The molecular weight excluding hydrogens is 481 g/mol. The number of benzene rings is 2. The van der Waals surface area contributed by atoms with E-state index in [2.05, 4.69) is 20.7 Å². The molecule has 0 aliphatic carbocycles. The molecule has 1 heterocycles. The van der Waals surface area contributed by atoms with E-state index in [1.165, 1.54) is 0 Å². The van der Waals surface area contributed by atoms with Crippen molar-refractivity contribution in [3.8, 4) is 17.2 Å². The Hall–Kier alpha value is -2.75. The number of nitrogens with one attached hydrogen (secondary N) is 2. The number of aliphatic imine (C=N–C) groups is 1. The van der Waals surface area contributed by atoms with Crippen LogP contribution in [0.2, 0.25) is 0 Å². The number of rotatable bonds is 8. The van der Waals surface area contributed by atoms with Crippen molar-refractivity contribution in [2.24, 2.45) is 4.99 Å². The highest BCUT2D eigenvalue weighted by molar-refractivity contribution is 14.0. The van der Waals surface area contributed by atoms with Crippen molar-refractivity contribution < 1.29 is 9.47 Å². The number of guanidine groups is 1. The quantitative estimate of drug-likeness (QED) is 0.212. The van der Waals surface area contributed by atoms with Crippen LogP contribution in [0.25, 0.3) is 5.69 Å². The van der Waals surface area contributed by atoms with E-state index in [-0.39, 0.29) is 24.0 Å². The van der Waals surface area contributed by atoms with E-state index in [0.717, 1.165) is 22.9 Å². The van der Waals surface area contributed by atoms with Crippen LogP contribution in [0.1, 0.15) is 5.69 Å². The van der Waals surface area contributed by atoms with Gasteiger partial charge in [-0.25, -0.2) is 4.68 Å². The van der Waals surface area contributed by atoms with Crippen molar-refractivity contribution >= 4 is 29.9 Å². The molecule has 0 aliphatic rings. The fourth-order valence-corrected chi connectivity index (χ4v) is 2.58. The van der Waals surface area contributed by atoms with Gasteiger partial charge in [0.2, 0.25) is 0 Å². The van der Waals surface area contributed by atoms with E-state index in [1.807, 2.05) is 71.5 Å². The van der Waals surface area contributed by atoms with E-state index in [9.17, 15) is 0 Å². The highest BCUT2D eigenvalue weighted by Gasteiger charge is 2.04. The molecule has 3 aromatic rings. The molecule has 0 bridgehead atoms. The van der Waals surface area contributed by atoms with Crippen LogP contribution in [0.5, 0.6) is 11.5 Å². The third-order valence-electron chi connectivity index (χ3n) is 4.05. The smallest absolute Gasteiger partial charge is 0.191 e. The number of hydrogen-bond donors (Lipinski definition) is 2. The van der Waals surface area contributed by atoms with Gasteiger partial charge >= 0.3 is 0 Å². The molecule has 0 spiro atoms. The third-order valence-corrected chi connectivity index (χ3v) is 4.05. The maximum atomic E-state index is 5.66. The van der Waals surface area contributed by atoms with Crippen molar-refractivity contribution in [3.05, 3.63) is 72.6 Å². The zero-order chi connectivity index (χ0) is 19.6. The van der Waals surface area contributed by atoms with Gasteiger partial charge in [0.25, 0.3) is 0 Å². The van der Waals surface area contributed by atoms with E-state index >= 15 is 0 Å². The molecule has 8 heteroatoms. The summed E-state index contributed by atoms with van der Waals surface area (Å²) in [5.41, 5.74) is 1.90. The van der Waals surface area contributed by atoms with Crippen molar-refractivity contribution in [2.75, 3.05) is 27.3 Å². The molecule has 0 amide bonds. The first-order valence-corrected chi connectivity index (χ1v) is 9.10. The first-order valence-electron chi connectivity index (χ1n) is 9.10. The number of para-hydroxylation sites is 1. The molecule has 0 saturated heterocycles. The Bertz CT molecular complexity index is 882. The molecule has 0 radical (unpaired) electrons. The third kappa shape index (κ3) is 6.97. The summed E-state index contributed by atoms with van der Waals surface area (Å²) in [6.07, 6.45) is 1.93. The lowest BCUT2D eigenvalue weighted by molar-refractivity contribution is 0.322. The van der Waals surface area contributed by atoms with Gasteiger partial charge < -0.3 is 20.1 Å². The van der Waals surface area contributed by atoms with Crippen molar-refractivity contribution in [3.63, 3.8) is 0 Å². The monoisotopic (exact) mass is 507 g/mol. The van der Waals surface area contributed by atoms with E-state index in [0.29, 0.717) is 25.7 Å². The molecule has 7 nitrogen and oxygen atoms in total. The van der Waals surface area contributed by atoms with Crippen LogP contribution >= 0.6 is 24.0 Å². The molecule has 154 valence electrons. The van der Waals surface area contributed by atoms with Crippen LogP contribution in [0.3, 0.4) is 0 Å². The van der Waals surface area contributed by atoms with Crippen LogP contribution in [0, 0.1) is 0 Å². The summed E-state index contributed by atoms with van der Waals surface area (Å²) in [5.74, 6) is 2.39. The maximum absolute atomic E-state index is 5.66. The van der Waals surface area contributed by atoms with E-state index in [4.69, 9.17) is 9.47 Å². The predicted molar refractivity (Wildman–Crippen MR) is 126 cm³/mol. The zero-order valence-corrected chi connectivity index (χ0v) is 18.9. The second-order valence-electron chi connectivity index (χ2n) is 5.96. The lowest BCUT2D eigenvalue weighted by atomic mass is 10.3. The summed E-state index contributed by atoms with van der Waals surface area (Å²) in [5, 5.41) is 11.1. The summed E-state index contributed by atoms with van der Waals surface area (Å²) >= 11 is 0. The minimum atomic E-state index is 0. The molecule has 2 aromatic carbocycles. The lowest BCUT2D eigenvalue weighted by Gasteiger charge is -2.11. The molecule has 0 unspecified atom stereocenters. The second kappa shape index (κ2) is 11.9. The van der Waals surface area contributed by atoms with Gasteiger partial charge in [-0.2, -0.15) is 5.10 Å². The van der Waals surface area contributed by atoms with Crippen LogP contribution in [-0.2, 0) is 6.54 Å². The molecule has 0 atom stereocenters. The highest BCUT2D eigenvalue weighted by atomic mass is 127. The van der Waals surface area contributed by atoms with Crippen molar-refractivity contribution in [1.82, 2.24) is 20.4 Å². The van der Waals surface area contributed by atoms with Crippen LogP contribution in [-0.4, -0.2) is 43.0 Å². The molecule has 0 fully saturated rings. The fourth-order valence-electron chi connectivity index (χ4n) is 2.58. The average Bonchev–Trinajstić information content (AvgIpc) is 3.23. The van der Waals surface area contributed by atoms with Crippen LogP contribution in [0.15, 0.2) is 71.9 Å². The van der Waals surface area contributed by atoms with Gasteiger partial charge in [0.1, 0.15) is 18.1 Å². The molecule has 1 aromatic heterocycles. The minimum Gasteiger partial charge on any atom is -0.497 e. The molecule has 2 N–H and O–H groups in total. The Morgan fingerprint density at radius 2 is 1.76 bits per heavy atom. The first-order chi connectivity index (χ1) is 13.8. The summed E-state index contributed by atoms with van der Waals surface area (Å²) in [6.45, 7) is 1.77. The van der Waals surface area contributed by atoms with Crippen molar-refractivity contribution in [2.45, 2.75) is 6.54 Å². The normalized spacial score (nSPS) is 10.8. The van der Waals surface area contributed by atoms with Crippen LogP contribution in [0.4, 0.5) is 0 Å². The Labute approximate surface area is 188 Å². The van der Waals surface area contributed by atoms with Gasteiger partial charge in [0, 0.05) is 13.2 Å². The van der Waals surface area contributed by atoms with Gasteiger partial charge in [0.15, 0.2) is 5.96 Å². The molecule has 0 aliphatic heterocycles. The molecule has 29 heavy (non-hydrogen) atoms. The van der Waals surface area contributed by atoms with Gasteiger partial charge in [-0.3, -0.25) is 4.99 Å². The first kappa shape index (κ1) is 22.5. The molecule has 0 saturated carbocycles. The Morgan fingerprint density at radius 3 is 2.45 bits per heavy atom. The summed E-state index contributed by atoms with van der Waals surface area (Å²) in [6, 6.07) is 19.5. The van der Waals surface area contributed by atoms with E-state index < -0.39 is 0 Å². The Morgan fingerprint density at radius 1 is 1.00 bits per heavy atom. The predicted octanol–water partition coefficient (Wildman–Crippen LogP) is 3.24. The SMILES string of the molecule is CN=C(NCCOc1ccccc1)NCc1ccn(-c2ccc(OC)cc2)n1.I. The summed E-state index contributed by atoms with van der Waals surface area (Å²) in [7, 11) is 3.39. The highest BCUT2D eigenvalue weighted by Crippen LogP contribution is 2.14. The largest absolute Gasteiger partial charge is 0.497 e. The number of aromatic nitrogens is 2. The number of hydrogen-bond acceptors (Lipinski definition) is 4.